The van der Waals surface area contributed by atoms with Gasteiger partial charge in [-0.25, -0.2) is 0 Å². The Hall–Kier alpha value is -2.44. The van der Waals surface area contributed by atoms with Crippen molar-refractivity contribution in [1.29, 1.82) is 0 Å². The van der Waals surface area contributed by atoms with Gasteiger partial charge >= 0.3 is 0 Å². The Morgan fingerprint density at radius 3 is 2.35 bits per heavy atom. The lowest BCUT2D eigenvalue weighted by Crippen LogP contribution is -2.00. The van der Waals surface area contributed by atoms with Crippen molar-refractivity contribution in [3.8, 4) is 23.3 Å². The van der Waals surface area contributed by atoms with Crippen molar-refractivity contribution >= 4 is 0 Å². The van der Waals surface area contributed by atoms with Crippen LogP contribution in [0.4, 0.5) is 0 Å². The lowest BCUT2D eigenvalue weighted by Gasteiger charge is -2.13. The third kappa shape index (κ3) is 3.11. The minimum absolute atomic E-state index is 0.505. The monoisotopic (exact) mass is 268 g/mol. The lowest BCUT2D eigenvalue weighted by atomic mass is 10.1. The number of hydrogen-bond donors (Lipinski definition) is 1. The molecule has 0 amide bonds. The molecular weight excluding hydrogens is 252 g/mol. The summed E-state index contributed by atoms with van der Waals surface area (Å²) >= 11 is 0. The fourth-order valence-electron chi connectivity index (χ4n) is 1.88. The number of hydrogen-bond acceptors (Lipinski definition) is 3. The van der Waals surface area contributed by atoms with E-state index in [1.54, 1.807) is 32.4 Å². The van der Waals surface area contributed by atoms with E-state index in [4.69, 9.17) is 9.47 Å². The van der Waals surface area contributed by atoms with E-state index in [1.165, 1.54) is 0 Å². The van der Waals surface area contributed by atoms with Gasteiger partial charge in [0.1, 0.15) is 6.10 Å². The van der Waals surface area contributed by atoms with E-state index in [0.717, 1.165) is 5.56 Å². The molecule has 2 aromatic rings. The maximum Gasteiger partial charge on any atom is 0.167 e. The van der Waals surface area contributed by atoms with E-state index < -0.39 is 6.10 Å². The quantitative estimate of drug-likeness (QED) is 0.870. The van der Waals surface area contributed by atoms with Crippen LogP contribution in [0, 0.1) is 11.8 Å². The van der Waals surface area contributed by atoms with Crippen LogP contribution in [0.3, 0.4) is 0 Å². The molecule has 0 aliphatic carbocycles. The highest BCUT2D eigenvalue weighted by Gasteiger charge is 2.14. The maximum absolute atomic E-state index is 10.2. The summed E-state index contributed by atoms with van der Waals surface area (Å²) in [6, 6.07) is 14.9. The maximum atomic E-state index is 10.2. The van der Waals surface area contributed by atoms with Crippen LogP contribution in [0.5, 0.6) is 11.5 Å². The standard InChI is InChI=1S/C17H16O3/c1-19-16-10-6-9-14(17(16)20-2)15(18)12-11-13-7-4-3-5-8-13/h3-10,15,18H,1-2H3. The number of aliphatic hydroxyl groups excluding tert-OH is 1. The van der Waals surface area contributed by atoms with Gasteiger partial charge in [-0.2, -0.15) is 0 Å². The molecule has 1 N–H and O–H groups in total. The lowest BCUT2D eigenvalue weighted by molar-refractivity contribution is 0.230. The molecular formula is C17H16O3. The Morgan fingerprint density at radius 2 is 1.70 bits per heavy atom. The largest absolute Gasteiger partial charge is 0.493 e. The molecule has 20 heavy (non-hydrogen) atoms. The molecule has 0 aromatic heterocycles. The summed E-state index contributed by atoms with van der Waals surface area (Å²) in [4.78, 5) is 0. The summed E-state index contributed by atoms with van der Waals surface area (Å²) < 4.78 is 10.5. The summed E-state index contributed by atoms with van der Waals surface area (Å²) in [7, 11) is 3.10. The highest BCUT2D eigenvalue weighted by atomic mass is 16.5. The van der Waals surface area contributed by atoms with E-state index >= 15 is 0 Å². The second kappa shape index (κ2) is 6.65. The van der Waals surface area contributed by atoms with Crippen LogP contribution in [-0.4, -0.2) is 19.3 Å². The summed E-state index contributed by atoms with van der Waals surface area (Å²) in [5.74, 6) is 6.83. The zero-order chi connectivity index (χ0) is 14.4. The predicted octanol–water partition coefficient (Wildman–Crippen LogP) is 2.79. The van der Waals surface area contributed by atoms with Gasteiger partial charge in [-0.1, -0.05) is 42.2 Å². The van der Waals surface area contributed by atoms with Crippen LogP contribution in [-0.2, 0) is 0 Å². The van der Waals surface area contributed by atoms with Crippen LogP contribution in [0.2, 0.25) is 0 Å². The Kier molecular flexibility index (Phi) is 4.65. The van der Waals surface area contributed by atoms with Gasteiger partial charge in [0.2, 0.25) is 0 Å². The second-order valence-corrected chi connectivity index (χ2v) is 4.12. The number of methoxy groups -OCH3 is 2. The van der Waals surface area contributed by atoms with Crippen molar-refractivity contribution in [2.75, 3.05) is 14.2 Å². The summed E-state index contributed by atoms with van der Waals surface area (Å²) in [6.45, 7) is 0. The Labute approximate surface area is 118 Å². The van der Waals surface area contributed by atoms with E-state index in [9.17, 15) is 5.11 Å². The predicted molar refractivity (Wildman–Crippen MR) is 77.8 cm³/mol. The molecule has 0 heterocycles. The Balaban J connectivity index is 2.30. The first-order valence-corrected chi connectivity index (χ1v) is 6.21. The molecule has 0 bridgehead atoms. The molecule has 1 unspecified atom stereocenters. The Morgan fingerprint density at radius 1 is 0.950 bits per heavy atom. The molecule has 0 fully saturated rings. The van der Waals surface area contributed by atoms with Gasteiger partial charge in [0.25, 0.3) is 0 Å². The smallest absolute Gasteiger partial charge is 0.167 e. The van der Waals surface area contributed by atoms with E-state index in [-0.39, 0.29) is 0 Å². The molecule has 2 rings (SSSR count). The van der Waals surface area contributed by atoms with Gasteiger partial charge in [0, 0.05) is 11.1 Å². The van der Waals surface area contributed by atoms with Crippen molar-refractivity contribution in [1.82, 2.24) is 0 Å². The van der Waals surface area contributed by atoms with Crippen molar-refractivity contribution < 1.29 is 14.6 Å². The highest BCUT2D eigenvalue weighted by molar-refractivity contribution is 5.50. The number of benzene rings is 2. The normalized spacial score (nSPS) is 11.2. The number of aliphatic hydroxyl groups is 1. The molecule has 102 valence electrons. The fraction of sp³-hybridized carbons (Fsp3) is 0.176. The van der Waals surface area contributed by atoms with Gasteiger partial charge < -0.3 is 14.6 Å². The summed E-state index contributed by atoms with van der Waals surface area (Å²) in [6.07, 6.45) is -0.930. The first-order chi connectivity index (χ1) is 9.76. The van der Waals surface area contributed by atoms with E-state index in [2.05, 4.69) is 11.8 Å². The van der Waals surface area contributed by atoms with E-state index in [1.807, 2.05) is 30.3 Å². The molecule has 1 atom stereocenters. The topological polar surface area (TPSA) is 38.7 Å². The van der Waals surface area contributed by atoms with Gasteiger partial charge in [-0.3, -0.25) is 0 Å². The van der Waals surface area contributed by atoms with Crippen LogP contribution in [0.25, 0.3) is 0 Å². The first-order valence-electron chi connectivity index (χ1n) is 6.21. The summed E-state index contributed by atoms with van der Waals surface area (Å²) in [5.41, 5.74) is 1.45. The molecule has 0 spiro atoms. The fourth-order valence-corrected chi connectivity index (χ4v) is 1.88. The van der Waals surface area contributed by atoms with E-state index in [0.29, 0.717) is 17.1 Å². The number of rotatable bonds is 3. The van der Waals surface area contributed by atoms with Crippen LogP contribution in [0.1, 0.15) is 17.2 Å². The van der Waals surface area contributed by atoms with Gasteiger partial charge in [-0.15, -0.1) is 0 Å². The molecule has 0 aliphatic heterocycles. The molecule has 0 saturated heterocycles. The highest BCUT2D eigenvalue weighted by Crippen LogP contribution is 2.34. The zero-order valence-corrected chi connectivity index (χ0v) is 11.5. The molecule has 3 heteroatoms. The van der Waals surface area contributed by atoms with Crippen LogP contribution in [0.15, 0.2) is 48.5 Å². The van der Waals surface area contributed by atoms with Gasteiger partial charge in [0.15, 0.2) is 11.5 Å². The first kappa shape index (κ1) is 14.0. The molecule has 3 nitrogen and oxygen atoms in total. The zero-order valence-electron chi connectivity index (χ0n) is 11.5. The summed E-state index contributed by atoms with van der Waals surface area (Å²) in [5, 5.41) is 10.2. The van der Waals surface area contributed by atoms with Gasteiger partial charge in [-0.05, 0) is 18.2 Å². The third-order valence-electron chi connectivity index (χ3n) is 2.86. The molecule has 0 aliphatic rings. The third-order valence-corrected chi connectivity index (χ3v) is 2.86. The minimum Gasteiger partial charge on any atom is -0.493 e. The van der Waals surface area contributed by atoms with Crippen molar-refractivity contribution in [2.45, 2.75) is 6.10 Å². The molecule has 0 saturated carbocycles. The average molecular weight is 268 g/mol. The second-order valence-electron chi connectivity index (χ2n) is 4.12. The minimum atomic E-state index is -0.930. The Bertz CT molecular complexity index is 624. The number of para-hydroxylation sites is 1. The molecule has 0 radical (unpaired) electrons. The van der Waals surface area contributed by atoms with Crippen molar-refractivity contribution in [2.24, 2.45) is 0 Å². The van der Waals surface area contributed by atoms with Crippen LogP contribution < -0.4 is 9.47 Å². The SMILES string of the molecule is COc1cccc(C(O)C#Cc2ccccc2)c1OC. The van der Waals surface area contributed by atoms with Crippen molar-refractivity contribution in [3.05, 3.63) is 59.7 Å². The number of ether oxygens (including phenoxy) is 2. The van der Waals surface area contributed by atoms with Crippen LogP contribution >= 0.6 is 0 Å². The molecule has 2 aromatic carbocycles. The van der Waals surface area contributed by atoms with Gasteiger partial charge in [0.05, 0.1) is 14.2 Å². The van der Waals surface area contributed by atoms with Crippen molar-refractivity contribution in [3.63, 3.8) is 0 Å². The average Bonchev–Trinajstić information content (AvgIpc) is 2.52.